The molecule has 0 aromatic heterocycles. The first-order chi connectivity index (χ1) is 9.20. The molecule has 6 heteroatoms. The fourth-order valence-corrected chi connectivity index (χ4v) is 1.94. The van der Waals surface area contributed by atoms with Crippen LogP contribution in [0, 0.1) is 0 Å². The Morgan fingerprint density at radius 3 is 2.50 bits per heavy atom. The topological polar surface area (TPSA) is 75.7 Å². The van der Waals surface area contributed by atoms with E-state index in [0.29, 0.717) is 5.69 Å². The summed E-state index contributed by atoms with van der Waals surface area (Å²) in [6, 6.07) is 4.87. The summed E-state index contributed by atoms with van der Waals surface area (Å²) < 4.78 is 5.13. The lowest BCUT2D eigenvalue weighted by Gasteiger charge is -2.20. The third kappa shape index (κ3) is 2.49. The summed E-state index contributed by atoms with van der Waals surface area (Å²) in [7, 11) is 1.52. The summed E-state index contributed by atoms with van der Waals surface area (Å²) in [4.78, 5) is 36.6. The number of nitrogens with zero attached hydrogens (tertiary/aromatic N) is 1. The molecule has 0 bridgehead atoms. The van der Waals surface area contributed by atoms with Gasteiger partial charge in [-0.1, -0.05) is 6.07 Å². The molecule has 0 unspecified atom stereocenters. The lowest BCUT2D eigenvalue weighted by atomic mass is 10.1. The van der Waals surface area contributed by atoms with E-state index in [1.165, 1.54) is 11.9 Å². The predicted octanol–water partition coefficient (Wildman–Crippen LogP) is 2.19. The normalized spacial score (nSPS) is 14.3. The van der Waals surface area contributed by atoms with E-state index in [0.717, 1.165) is 0 Å². The summed E-state index contributed by atoms with van der Waals surface area (Å²) in [5, 5.41) is 2.51. The van der Waals surface area contributed by atoms with E-state index in [9.17, 15) is 14.4 Å². The van der Waals surface area contributed by atoms with Gasteiger partial charge in [-0.25, -0.2) is 4.79 Å². The van der Waals surface area contributed by atoms with E-state index in [2.05, 4.69) is 5.32 Å². The smallest absolute Gasteiger partial charge is 0.412 e. The molecular weight excluding hydrogens is 260 g/mol. The summed E-state index contributed by atoms with van der Waals surface area (Å²) in [5.41, 5.74) is 0.317. The molecule has 1 aliphatic rings. The molecule has 0 saturated heterocycles. The van der Waals surface area contributed by atoms with Crippen LogP contribution in [0.4, 0.5) is 16.2 Å². The maximum atomic E-state index is 11.9. The van der Waals surface area contributed by atoms with Crippen LogP contribution >= 0.6 is 0 Å². The molecule has 1 N–H and O–H groups in total. The number of fused-ring (bicyclic) bond motifs is 1. The Morgan fingerprint density at radius 2 is 1.90 bits per heavy atom. The number of anilines is 2. The molecule has 106 valence electrons. The van der Waals surface area contributed by atoms with Crippen LogP contribution < -0.4 is 10.2 Å². The first kappa shape index (κ1) is 14.0. The lowest BCUT2D eigenvalue weighted by molar-refractivity contribution is -0.114. The van der Waals surface area contributed by atoms with Crippen molar-refractivity contribution in [3.8, 4) is 0 Å². The van der Waals surface area contributed by atoms with Crippen LogP contribution in [0.2, 0.25) is 0 Å². The van der Waals surface area contributed by atoms with E-state index in [4.69, 9.17) is 4.74 Å². The largest absolute Gasteiger partial charge is 0.444 e. The highest BCUT2D eigenvalue weighted by atomic mass is 16.6. The molecule has 2 rings (SSSR count). The highest BCUT2D eigenvalue weighted by Gasteiger charge is 2.36. The predicted molar refractivity (Wildman–Crippen MR) is 74.0 cm³/mol. The molecule has 6 nitrogen and oxygen atoms in total. The van der Waals surface area contributed by atoms with Crippen LogP contribution in [0.3, 0.4) is 0 Å². The Kier molecular flexibility index (Phi) is 3.25. The maximum Gasteiger partial charge on any atom is 0.412 e. The summed E-state index contributed by atoms with van der Waals surface area (Å²) >= 11 is 0. The number of nitrogens with one attached hydrogen (secondary N) is 1. The maximum absolute atomic E-state index is 11.9. The van der Waals surface area contributed by atoms with Gasteiger partial charge in [-0.3, -0.25) is 14.9 Å². The average Bonchev–Trinajstić information content (AvgIpc) is 2.53. The number of hydrogen-bond acceptors (Lipinski definition) is 4. The van der Waals surface area contributed by atoms with Gasteiger partial charge in [0, 0.05) is 7.05 Å². The molecule has 1 heterocycles. The Morgan fingerprint density at radius 1 is 1.25 bits per heavy atom. The van der Waals surface area contributed by atoms with Crippen LogP contribution in [-0.2, 0) is 9.53 Å². The van der Waals surface area contributed by atoms with Crippen molar-refractivity contribution in [2.75, 3.05) is 17.3 Å². The van der Waals surface area contributed by atoms with Crippen molar-refractivity contribution in [2.24, 2.45) is 0 Å². The van der Waals surface area contributed by atoms with Gasteiger partial charge < -0.3 is 9.64 Å². The highest BCUT2D eigenvalue weighted by Crippen LogP contribution is 2.33. The quantitative estimate of drug-likeness (QED) is 0.798. The number of rotatable bonds is 1. The minimum absolute atomic E-state index is 0.200. The van der Waals surface area contributed by atoms with Gasteiger partial charge >= 0.3 is 6.09 Å². The third-order valence-corrected chi connectivity index (χ3v) is 2.77. The van der Waals surface area contributed by atoms with Gasteiger partial charge in [0.1, 0.15) is 5.60 Å². The Bertz CT molecular complexity index is 602. The number of likely N-dealkylation sites (N-methyl/N-ethyl adjacent to an activating group) is 1. The van der Waals surface area contributed by atoms with Crippen molar-refractivity contribution < 1.29 is 19.1 Å². The summed E-state index contributed by atoms with van der Waals surface area (Å²) in [5.74, 6) is -1.24. The van der Waals surface area contributed by atoms with Crippen molar-refractivity contribution in [3.05, 3.63) is 23.8 Å². The number of benzene rings is 1. The molecule has 2 amide bonds. The van der Waals surface area contributed by atoms with E-state index in [1.54, 1.807) is 39.0 Å². The number of carbonyl (C=O) groups excluding carboxylic acids is 3. The van der Waals surface area contributed by atoms with Gasteiger partial charge in [-0.2, -0.15) is 0 Å². The van der Waals surface area contributed by atoms with E-state index >= 15 is 0 Å². The molecule has 20 heavy (non-hydrogen) atoms. The standard InChI is InChI=1S/C14H16N2O4/c1-14(2,3)20-13(19)15-8-6-5-7-9-10(8)11(17)12(18)16(9)4/h5-7H,1-4H3,(H,15,19). The molecule has 0 atom stereocenters. The Balaban J connectivity index is 2.30. The Hall–Kier alpha value is -2.37. The van der Waals surface area contributed by atoms with Crippen LogP contribution in [0.5, 0.6) is 0 Å². The monoisotopic (exact) mass is 276 g/mol. The van der Waals surface area contributed by atoms with Crippen LogP contribution in [0.15, 0.2) is 18.2 Å². The minimum Gasteiger partial charge on any atom is -0.444 e. The molecule has 0 aliphatic carbocycles. The number of Topliss-reactive ketones (excluding diaryl/α,β-unsaturated/α-hetero) is 1. The van der Waals surface area contributed by atoms with Crippen molar-refractivity contribution >= 4 is 29.2 Å². The second kappa shape index (κ2) is 4.63. The SMILES string of the molecule is CN1C(=O)C(=O)c2c(NC(=O)OC(C)(C)C)cccc21. The zero-order valence-electron chi connectivity index (χ0n) is 11.8. The van der Waals surface area contributed by atoms with Gasteiger partial charge in [-0.15, -0.1) is 0 Å². The van der Waals surface area contributed by atoms with E-state index < -0.39 is 23.4 Å². The number of carbonyl (C=O) groups is 3. The number of ketones is 1. The molecule has 0 saturated carbocycles. The highest BCUT2D eigenvalue weighted by molar-refractivity contribution is 6.53. The van der Waals surface area contributed by atoms with Crippen molar-refractivity contribution in [2.45, 2.75) is 26.4 Å². The molecule has 1 aliphatic heterocycles. The molecule has 0 spiro atoms. The van der Waals surface area contributed by atoms with Crippen molar-refractivity contribution in [1.82, 2.24) is 0 Å². The molecule has 1 aromatic carbocycles. The van der Waals surface area contributed by atoms with Gasteiger partial charge in [0.05, 0.1) is 16.9 Å². The van der Waals surface area contributed by atoms with Gasteiger partial charge in [0.2, 0.25) is 0 Å². The third-order valence-electron chi connectivity index (χ3n) is 2.77. The Labute approximate surface area is 116 Å². The van der Waals surface area contributed by atoms with Crippen LogP contribution in [-0.4, -0.2) is 30.4 Å². The second-order valence-electron chi connectivity index (χ2n) is 5.52. The average molecular weight is 276 g/mol. The zero-order valence-corrected chi connectivity index (χ0v) is 11.8. The molecule has 0 radical (unpaired) electrons. The van der Waals surface area contributed by atoms with E-state index in [1.807, 2.05) is 0 Å². The summed E-state index contributed by atoms with van der Waals surface area (Å²) in [6.45, 7) is 5.22. The van der Waals surface area contributed by atoms with Crippen LogP contribution in [0.25, 0.3) is 0 Å². The van der Waals surface area contributed by atoms with E-state index in [-0.39, 0.29) is 11.3 Å². The minimum atomic E-state index is -0.666. The molecule has 0 fully saturated rings. The fraction of sp³-hybridized carbons (Fsp3) is 0.357. The first-order valence-electron chi connectivity index (χ1n) is 6.16. The van der Waals surface area contributed by atoms with Gasteiger partial charge in [0.25, 0.3) is 11.7 Å². The molecule has 1 aromatic rings. The van der Waals surface area contributed by atoms with Gasteiger partial charge in [0.15, 0.2) is 0 Å². The summed E-state index contributed by atoms with van der Waals surface area (Å²) in [6.07, 6.45) is -0.666. The molecular formula is C14H16N2O4. The second-order valence-corrected chi connectivity index (χ2v) is 5.52. The number of amides is 2. The van der Waals surface area contributed by atoms with Crippen LogP contribution in [0.1, 0.15) is 31.1 Å². The first-order valence-corrected chi connectivity index (χ1v) is 6.16. The number of hydrogen-bond donors (Lipinski definition) is 1. The lowest BCUT2D eigenvalue weighted by Crippen LogP contribution is -2.27. The number of ether oxygens (including phenoxy) is 1. The van der Waals surface area contributed by atoms with Crippen molar-refractivity contribution in [3.63, 3.8) is 0 Å². The fourth-order valence-electron chi connectivity index (χ4n) is 1.94. The van der Waals surface area contributed by atoms with Gasteiger partial charge in [-0.05, 0) is 32.9 Å². The van der Waals surface area contributed by atoms with Crippen molar-refractivity contribution in [1.29, 1.82) is 0 Å². The zero-order chi connectivity index (χ0) is 15.1.